The van der Waals surface area contributed by atoms with Crippen LogP contribution in [0.3, 0.4) is 0 Å². The van der Waals surface area contributed by atoms with Crippen LogP contribution in [0.5, 0.6) is 5.75 Å². The van der Waals surface area contributed by atoms with E-state index < -0.39 is 0 Å². The summed E-state index contributed by atoms with van der Waals surface area (Å²) in [7, 11) is 1.68. The SMILES string of the molecule is COc1cccc(CC(N)c2ccc(C)c(Br)c2)c1. The maximum atomic E-state index is 6.28. The molecule has 0 bridgehead atoms. The summed E-state index contributed by atoms with van der Waals surface area (Å²) in [4.78, 5) is 0. The maximum absolute atomic E-state index is 6.28. The van der Waals surface area contributed by atoms with E-state index in [1.54, 1.807) is 7.11 Å². The molecular weight excluding hydrogens is 302 g/mol. The van der Waals surface area contributed by atoms with Crippen molar-refractivity contribution in [2.24, 2.45) is 5.73 Å². The normalized spacial score (nSPS) is 12.2. The van der Waals surface area contributed by atoms with Crippen molar-refractivity contribution in [3.8, 4) is 5.75 Å². The van der Waals surface area contributed by atoms with Gasteiger partial charge in [0.2, 0.25) is 0 Å². The van der Waals surface area contributed by atoms with E-state index in [1.807, 2.05) is 18.2 Å². The molecule has 1 atom stereocenters. The standard InChI is InChI=1S/C16H18BrNO/c1-11-6-7-13(10-15(11)17)16(18)9-12-4-3-5-14(8-12)19-2/h3-8,10,16H,9,18H2,1-2H3. The summed E-state index contributed by atoms with van der Waals surface area (Å²) < 4.78 is 6.33. The third-order valence-electron chi connectivity index (χ3n) is 3.21. The van der Waals surface area contributed by atoms with E-state index >= 15 is 0 Å². The van der Waals surface area contributed by atoms with Gasteiger partial charge in [-0.05, 0) is 48.2 Å². The van der Waals surface area contributed by atoms with Gasteiger partial charge in [0, 0.05) is 10.5 Å². The molecule has 100 valence electrons. The minimum Gasteiger partial charge on any atom is -0.497 e. The van der Waals surface area contributed by atoms with Gasteiger partial charge in [0.25, 0.3) is 0 Å². The predicted molar refractivity (Wildman–Crippen MR) is 82.5 cm³/mol. The molecule has 0 saturated heterocycles. The molecule has 2 aromatic rings. The minimum absolute atomic E-state index is 0.0102. The Bertz CT molecular complexity index is 568. The first kappa shape index (κ1) is 14.1. The number of methoxy groups -OCH3 is 1. The summed E-state index contributed by atoms with van der Waals surface area (Å²) >= 11 is 3.55. The van der Waals surface area contributed by atoms with Gasteiger partial charge in [-0.1, -0.05) is 40.2 Å². The molecule has 19 heavy (non-hydrogen) atoms. The second-order valence-corrected chi connectivity index (χ2v) is 5.53. The Labute approximate surface area is 122 Å². The molecule has 2 aromatic carbocycles. The Kier molecular flexibility index (Phi) is 4.61. The number of ether oxygens (including phenoxy) is 1. The molecule has 0 amide bonds. The van der Waals surface area contributed by atoms with E-state index in [0.717, 1.165) is 22.2 Å². The van der Waals surface area contributed by atoms with Crippen molar-refractivity contribution < 1.29 is 4.74 Å². The zero-order chi connectivity index (χ0) is 13.8. The van der Waals surface area contributed by atoms with Gasteiger partial charge < -0.3 is 10.5 Å². The molecule has 0 aliphatic rings. The Morgan fingerprint density at radius 3 is 2.68 bits per heavy atom. The number of hydrogen-bond acceptors (Lipinski definition) is 2. The largest absolute Gasteiger partial charge is 0.497 e. The first-order valence-electron chi connectivity index (χ1n) is 6.24. The molecule has 0 aliphatic carbocycles. The molecule has 0 heterocycles. The highest BCUT2D eigenvalue weighted by atomic mass is 79.9. The fourth-order valence-corrected chi connectivity index (χ4v) is 2.41. The van der Waals surface area contributed by atoms with Crippen LogP contribution in [0.25, 0.3) is 0 Å². The highest BCUT2D eigenvalue weighted by Gasteiger charge is 2.09. The predicted octanol–water partition coefficient (Wildman–Crippen LogP) is 4.01. The summed E-state index contributed by atoms with van der Waals surface area (Å²) in [5.41, 5.74) is 9.82. The highest BCUT2D eigenvalue weighted by Crippen LogP contribution is 2.24. The van der Waals surface area contributed by atoms with Gasteiger partial charge in [0.1, 0.15) is 5.75 Å². The Morgan fingerprint density at radius 2 is 2.00 bits per heavy atom. The van der Waals surface area contributed by atoms with Gasteiger partial charge in [-0.3, -0.25) is 0 Å². The van der Waals surface area contributed by atoms with Crippen molar-refractivity contribution in [3.63, 3.8) is 0 Å². The monoisotopic (exact) mass is 319 g/mol. The third kappa shape index (κ3) is 3.58. The van der Waals surface area contributed by atoms with Gasteiger partial charge >= 0.3 is 0 Å². The Balaban J connectivity index is 2.15. The molecule has 0 saturated carbocycles. The second kappa shape index (κ2) is 6.22. The van der Waals surface area contributed by atoms with Crippen LogP contribution in [0.2, 0.25) is 0 Å². The van der Waals surface area contributed by atoms with E-state index in [-0.39, 0.29) is 6.04 Å². The lowest BCUT2D eigenvalue weighted by molar-refractivity contribution is 0.414. The van der Waals surface area contributed by atoms with Crippen molar-refractivity contribution in [2.45, 2.75) is 19.4 Å². The number of hydrogen-bond donors (Lipinski definition) is 1. The zero-order valence-corrected chi connectivity index (χ0v) is 12.8. The quantitative estimate of drug-likeness (QED) is 0.924. The van der Waals surface area contributed by atoms with E-state index in [2.05, 4.69) is 47.1 Å². The molecule has 0 spiro atoms. The summed E-state index contributed by atoms with van der Waals surface area (Å²) in [6, 6.07) is 14.3. The lowest BCUT2D eigenvalue weighted by Gasteiger charge is -2.14. The number of nitrogens with two attached hydrogens (primary N) is 1. The molecule has 3 heteroatoms. The number of benzene rings is 2. The summed E-state index contributed by atoms with van der Waals surface area (Å²) in [5.74, 6) is 0.870. The summed E-state index contributed by atoms with van der Waals surface area (Å²) in [5, 5.41) is 0. The first-order chi connectivity index (χ1) is 9.10. The molecule has 0 aliphatic heterocycles. The van der Waals surface area contributed by atoms with Crippen LogP contribution in [-0.4, -0.2) is 7.11 Å². The van der Waals surface area contributed by atoms with Crippen LogP contribution in [0.15, 0.2) is 46.9 Å². The van der Waals surface area contributed by atoms with Gasteiger partial charge in [-0.15, -0.1) is 0 Å². The maximum Gasteiger partial charge on any atom is 0.119 e. The molecule has 0 aromatic heterocycles. The lowest BCUT2D eigenvalue weighted by atomic mass is 9.99. The fourth-order valence-electron chi connectivity index (χ4n) is 2.01. The van der Waals surface area contributed by atoms with E-state index in [4.69, 9.17) is 10.5 Å². The fraction of sp³-hybridized carbons (Fsp3) is 0.250. The minimum atomic E-state index is -0.0102. The van der Waals surface area contributed by atoms with Crippen molar-refractivity contribution in [1.82, 2.24) is 0 Å². The van der Waals surface area contributed by atoms with Gasteiger partial charge in [0.15, 0.2) is 0 Å². The average Bonchev–Trinajstić information content (AvgIpc) is 2.42. The smallest absolute Gasteiger partial charge is 0.119 e. The summed E-state index contributed by atoms with van der Waals surface area (Å²) in [6.45, 7) is 2.07. The molecular formula is C16H18BrNO. The van der Waals surface area contributed by atoms with Crippen molar-refractivity contribution in [3.05, 3.63) is 63.6 Å². The summed E-state index contributed by atoms with van der Waals surface area (Å²) in [6.07, 6.45) is 0.798. The Morgan fingerprint density at radius 1 is 1.21 bits per heavy atom. The van der Waals surface area contributed by atoms with Crippen LogP contribution >= 0.6 is 15.9 Å². The number of rotatable bonds is 4. The zero-order valence-electron chi connectivity index (χ0n) is 11.2. The lowest BCUT2D eigenvalue weighted by Crippen LogP contribution is -2.13. The third-order valence-corrected chi connectivity index (χ3v) is 4.07. The van der Waals surface area contributed by atoms with Crippen LogP contribution in [-0.2, 0) is 6.42 Å². The van der Waals surface area contributed by atoms with Crippen molar-refractivity contribution >= 4 is 15.9 Å². The van der Waals surface area contributed by atoms with Gasteiger partial charge in [0.05, 0.1) is 7.11 Å². The van der Waals surface area contributed by atoms with Crippen molar-refractivity contribution in [1.29, 1.82) is 0 Å². The molecule has 2 N–H and O–H groups in total. The molecule has 1 unspecified atom stereocenters. The second-order valence-electron chi connectivity index (χ2n) is 4.67. The molecule has 0 radical (unpaired) electrons. The highest BCUT2D eigenvalue weighted by molar-refractivity contribution is 9.10. The molecule has 2 rings (SSSR count). The van der Waals surface area contributed by atoms with Crippen molar-refractivity contribution in [2.75, 3.05) is 7.11 Å². The molecule has 0 fully saturated rings. The van der Waals surface area contributed by atoms with Gasteiger partial charge in [-0.25, -0.2) is 0 Å². The van der Waals surface area contributed by atoms with Crippen LogP contribution in [0, 0.1) is 6.92 Å². The van der Waals surface area contributed by atoms with E-state index in [9.17, 15) is 0 Å². The van der Waals surface area contributed by atoms with Crippen LogP contribution in [0.1, 0.15) is 22.7 Å². The number of halogens is 1. The van der Waals surface area contributed by atoms with Crippen LogP contribution in [0.4, 0.5) is 0 Å². The topological polar surface area (TPSA) is 35.2 Å². The van der Waals surface area contributed by atoms with E-state index in [1.165, 1.54) is 11.1 Å². The Hall–Kier alpha value is -1.32. The first-order valence-corrected chi connectivity index (χ1v) is 7.04. The van der Waals surface area contributed by atoms with Gasteiger partial charge in [-0.2, -0.15) is 0 Å². The van der Waals surface area contributed by atoms with Crippen LogP contribution < -0.4 is 10.5 Å². The average molecular weight is 320 g/mol. The van der Waals surface area contributed by atoms with E-state index in [0.29, 0.717) is 0 Å². The molecule has 2 nitrogen and oxygen atoms in total. The number of aryl methyl sites for hydroxylation is 1.